The maximum absolute atomic E-state index is 9.22. The number of methoxy groups -OCH3 is 1. The minimum atomic E-state index is -0.341. The summed E-state index contributed by atoms with van der Waals surface area (Å²) in [6.45, 7) is 5.80. The highest BCUT2D eigenvalue weighted by molar-refractivity contribution is 4.67. The first-order chi connectivity index (χ1) is 5.81. The van der Waals surface area contributed by atoms with Crippen molar-refractivity contribution in [3.05, 3.63) is 12.7 Å². The zero-order valence-corrected chi connectivity index (χ0v) is 7.75. The third kappa shape index (κ3) is 7.72. The fourth-order valence-electron chi connectivity index (χ4n) is 0.874. The molecule has 0 radical (unpaired) electrons. The molecule has 12 heavy (non-hydrogen) atoms. The Morgan fingerprint density at radius 2 is 2.33 bits per heavy atom. The predicted molar refractivity (Wildman–Crippen MR) is 50.2 cm³/mol. The molecule has 1 unspecified atom stereocenters. The monoisotopic (exact) mass is 173 g/mol. The van der Waals surface area contributed by atoms with Crippen LogP contribution in [0.4, 0.5) is 0 Å². The Morgan fingerprint density at radius 3 is 2.92 bits per heavy atom. The number of rotatable bonds is 8. The molecule has 0 amide bonds. The number of nitrogens with one attached hydrogen (secondary N) is 1. The molecular formula is C9H19NO2. The van der Waals surface area contributed by atoms with E-state index in [1.807, 2.05) is 6.08 Å². The van der Waals surface area contributed by atoms with Crippen LogP contribution in [0.25, 0.3) is 0 Å². The average Bonchev–Trinajstić information content (AvgIpc) is 2.05. The number of aliphatic hydroxyl groups excluding tert-OH is 1. The third-order valence-corrected chi connectivity index (χ3v) is 1.54. The van der Waals surface area contributed by atoms with Crippen LogP contribution >= 0.6 is 0 Å². The summed E-state index contributed by atoms with van der Waals surface area (Å²) >= 11 is 0. The summed E-state index contributed by atoms with van der Waals surface area (Å²) in [5.74, 6) is 0. The normalized spacial score (nSPS) is 12.8. The summed E-state index contributed by atoms with van der Waals surface area (Å²) in [7, 11) is 1.59. The van der Waals surface area contributed by atoms with Gasteiger partial charge in [-0.15, -0.1) is 6.58 Å². The number of hydrogen-bond acceptors (Lipinski definition) is 3. The fraction of sp³-hybridized carbons (Fsp3) is 0.778. The van der Waals surface area contributed by atoms with E-state index in [1.165, 1.54) is 0 Å². The Morgan fingerprint density at radius 1 is 1.58 bits per heavy atom. The van der Waals surface area contributed by atoms with Crippen molar-refractivity contribution in [3.8, 4) is 0 Å². The lowest BCUT2D eigenvalue weighted by molar-refractivity contribution is 0.0595. The van der Waals surface area contributed by atoms with Gasteiger partial charge in [0.25, 0.3) is 0 Å². The highest BCUT2D eigenvalue weighted by Gasteiger charge is 2.00. The SMILES string of the molecule is C=CCCNCCC(O)COC. The molecule has 0 rings (SSSR count). The molecule has 1 atom stereocenters. The Kier molecular flexibility index (Phi) is 8.44. The first kappa shape index (κ1) is 11.6. The summed E-state index contributed by atoms with van der Waals surface area (Å²) in [5.41, 5.74) is 0. The van der Waals surface area contributed by atoms with Crippen molar-refractivity contribution in [2.75, 3.05) is 26.8 Å². The van der Waals surface area contributed by atoms with Gasteiger partial charge in [0.2, 0.25) is 0 Å². The summed E-state index contributed by atoms with van der Waals surface area (Å²) < 4.78 is 4.79. The number of ether oxygens (including phenoxy) is 1. The van der Waals surface area contributed by atoms with Gasteiger partial charge in [-0.25, -0.2) is 0 Å². The molecular weight excluding hydrogens is 154 g/mol. The standard InChI is InChI=1S/C9H19NO2/c1-3-4-6-10-7-5-9(11)8-12-2/h3,9-11H,1,4-8H2,2H3. The molecule has 0 aromatic heterocycles. The van der Waals surface area contributed by atoms with Crippen LogP contribution < -0.4 is 5.32 Å². The Hall–Kier alpha value is -0.380. The van der Waals surface area contributed by atoms with E-state index in [4.69, 9.17) is 4.74 Å². The van der Waals surface area contributed by atoms with E-state index in [2.05, 4.69) is 11.9 Å². The lowest BCUT2D eigenvalue weighted by Crippen LogP contribution is -2.23. The summed E-state index contributed by atoms with van der Waals surface area (Å²) in [6.07, 6.45) is 3.25. The highest BCUT2D eigenvalue weighted by Crippen LogP contribution is 1.89. The quantitative estimate of drug-likeness (QED) is 0.416. The Balaban J connectivity index is 3.02. The Bertz CT molecular complexity index is 107. The minimum Gasteiger partial charge on any atom is -0.391 e. The molecule has 72 valence electrons. The minimum absolute atomic E-state index is 0.341. The first-order valence-electron chi connectivity index (χ1n) is 4.30. The van der Waals surface area contributed by atoms with Crippen molar-refractivity contribution in [1.82, 2.24) is 5.32 Å². The molecule has 0 heterocycles. The summed E-state index contributed by atoms with van der Waals surface area (Å²) in [4.78, 5) is 0. The average molecular weight is 173 g/mol. The van der Waals surface area contributed by atoms with Gasteiger partial charge in [-0.2, -0.15) is 0 Å². The lowest BCUT2D eigenvalue weighted by atomic mass is 10.2. The maximum Gasteiger partial charge on any atom is 0.0785 e. The summed E-state index contributed by atoms with van der Waals surface area (Å²) in [6, 6.07) is 0. The predicted octanol–water partition coefficient (Wildman–Crippen LogP) is 0.549. The van der Waals surface area contributed by atoms with Gasteiger partial charge in [-0.3, -0.25) is 0 Å². The van der Waals surface area contributed by atoms with Gasteiger partial charge in [-0.05, 0) is 25.9 Å². The van der Waals surface area contributed by atoms with E-state index in [-0.39, 0.29) is 6.10 Å². The van der Waals surface area contributed by atoms with E-state index >= 15 is 0 Å². The highest BCUT2D eigenvalue weighted by atomic mass is 16.5. The van der Waals surface area contributed by atoms with Crippen LogP contribution in [-0.4, -0.2) is 38.0 Å². The van der Waals surface area contributed by atoms with Crippen molar-refractivity contribution in [3.63, 3.8) is 0 Å². The molecule has 3 heteroatoms. The van der Waals surface area contributed by atoms with E-state index in [1.54, 1.807) is 7.11 Å². The molecule has 0 fully saturated rings. The molecule has 0 saturated heterocycles. The summed E-state index contributed by atoms with van der Waals surface area (Å²) in [5, 5.41) is 12.4. The van der Waals surface area contributed by atoms with Crippen molar-refractivity contribution in [2.45, 2.75) is 18.9 Å². The van der Waals surface area contributed by atoms with Crippen molar-refractivity contribution in [2.24, 2.45) is 0 Å². The van der Waals surface area contributed by atoms with E-state index in [0.29, 0.717) is 6.61 Å². The van der Waals surface area contributed by atoms with Gasteiger partial charge in [0.15, 0.2) is 0 Å². The van der Waals surface area contributed by atoms with Gasteiger partial charge in [0.05, 0.1) is 12.7 Å². The number of aliphatic hydroxyl groups is 1. The fourth-order valence-corrected chi connectivity index (χ4v) is 0.874. The third-order valence-electron chi connectivity index (χ3n) is 1.54. The molecule has 0 bridgehead atoms. The van der Waals surface area contributed by atoms with Crippen molar-refractivity contribution >= 4 is 0 Å². The van der Waals surface area contributed by atoms with Crippen molar-refractivity contribution < 1.29 is 9.84 Å². The molecule has 3 nitrogen and oxygen atoms in total. The Labute approximate surface area is 74.4 Å². The number of hydrogen-bond donors (Lipinski definition) is 2. The largest absolute Gasteiger partial charge is 0.391 e. The molecule has 0 spiro atoms. The van der Waals surface area contributed by atoms with E-state index in [0.717, 1.165) is 25.9 Å². The van der Waals surface area contributed by atoms with Crippen LogP contribution in [0.5, 0.6) is 0 Å². The molecule has 0 aromatic carbocycles. The van der Waals surface area contributed by atoms with E-state index < -0.39 is 0 Å². The van der Waals surface area contributed by atoms with Gasteiger partial charge >= 0.3 is 0 Å². The molecule has 0 aliphatic heterocycles. The molecule has 0 saturated carbocycles. The van der Waals surface area contributed by atoms with Crippen LogP contribution in [-0.2, 0) is 4.74 Å². The van der Waals surface area contributed by atoms with Crippen LogP contribution in [0, 0.1) is 0 Å². The molecule has 0 aliphatic rings. The molecule has 0 aliphatic carbocycles. The lowest BCUT2D eigenvalue weighted by Gasteiger charge is -2.09. The first-order valence-corrected chi connectivity index (χ1v) is 4.30. The smallest absolute Gasteiger partial charge is 0.0785 e. The van der Waals surface area contributed by atoms with Crippen LogP contribution in [0.1, 0.15) is 12.8 Å². The van der Waals surface area contributed by atoms with Crippen LogP contribution in [0.15, 0.2) is 12.7 Å². The van der Waals surface area contributed by atoms with Crippen LogP contribution in [0.3, 0.4) is 0 Å². The molecule has 0 aromatic rings. The van der Waals surface area contributed by atoms with Crippen LogP contribution in [0.2, 0.25) is 0 Å². The maximum atomic E-state index is 9.22. The second kappa shape index (κ2) is 8.71. The van der Waals surface area contributed by atoms with E-state index in [9.17, 15) is 5.11 Å². The van der Waals surface area contributed by atoms with Gasteiger partial charge in [-0.1, -0.05) is 6.08 Å². The van der Waals surface area contributed by atoms with Gasteiger partial charge in [0, 0.05) is 7.11 Å². The zero-order chi connectivity index (χ0) is 9.23. The van der Waals surface area contributed by atoms with Gasteiger partial charge < -0.3 is 15.2 Å². The van der Waals surface area contributed by atoms with Gasteiger partial charge in [0.1, 0.15) is 0 Å². The second-order valence-electron chi connectivity index (χ2n) is 2.73. The topological polar surface area (TPSA) is 41.5 Å². The van der Waals surface area contributed by atoms with Crippen molar-refractivity contribution in [1.29, 1.82) is 0 Å². The molecule has 2 N–H and O–H groups in total. The second-order valence-corrected chi connectivity index (χ2v) is 2.73. The zero-order valence-electron chi connectivity index (χ0n) is 7.75.